The topological polar surface area (TPSA) is 20.5 Å². The van der Waals surface area contributed by atoms with E-state index in [2.05, 4.69) is 43.7 Å². The van der Waals surface area contributed by atoms with Gasteiger partial charge in [-0.15, -0.1) is 11.3 Å². The molecule has 0 bridgehead atoms. The predicted octanol–water partition coefficient (Wildman–Crippen LogP) is 4.06. The number of anilines is 1. The molecule has 3 heterocycles. The average Bonchev–Trinajstić information content (AvgIpc) is 2.86. The monoisotopic (exact) mass is 327 g/mol. The van der Waals surface area contributed by atoms with E-state index >= 15 is 0 Å². The van der Waals surface area contributed by atoms with E-state index in [9.17, 15) is 0 Å². The Hall–Kier alpha value is -0.550. The van der Waals surface area contributed by atoms with E-state index in [1.165, 1.54) is 37.2 Å². The fraction of sp³-hybridized carbons (Fsp3) is 0.615. The molecule has 1 fully saturated rings. The highest BCUT2D eigenvalue weighted by molar-refractivity contribution is 9.08. The standard InChI is InChI=1S/C13H18BrN3S/c1-10-5-3-2-4-6-16(10)12-11(9-14)17-7-8-18-13(17)15-12/h7-8,10H,2-6,9H2,1H3. The van der Waals surface area contributed by atoms with Crippen LogP contribution in [0.2, 0.25) is 0 Å². The van der Waals surface area contributed by atoms with Crippen molar-refractivity contribution >= 4 is 38.0 Å². The third-order valence-corrected chi connectivity index (χ3v) is 5.08. The molecule has 0 amide bonds. The van der Waals surface area contributed by atoms with Gasteiger partial charge >= 0.3 is 0 Å². The molecule has 0 N–H and O–H groups in total. The van der Waals surface area contributed by atoms with Crippen LogP contribution in [0.25, 0.3) is 4.96 Å². The van der Waals surface area contributed by atoms with Crippen LogP contribution in [0.1, 0.15) is 38.3 Å². The summed E-state index contributed by atoms with van der Waals surface area (Å²) in [5, 5.41) is 2.97. The lowest BCUT2D eigenvalue weighted by Crippen LogP contribution is -2.33. The highest BCUT2D eigenvalue weighted by Crippen LogP contribution is 2.30. The highest BCUT2D eigenvalue weighted by Gasteiger charge is 2.23. The second-order valence-corrected chi connectivity index (χ2v) is 6.40. The quantitative estimate of drug-likeness (QED) is 0.775. The van der Waals surface area contributed by atoms with Crippen LogP contribution in [-0.2, 0) is 5.33 Å². The van der Waals surface area contributed by atoms with E-state index in [0.29, 0.717) is 6.04 Å². The number of nitrogens with zero attached hydrogens (tertiary/aromatic N) is 3. The maximum Gasteiger partial charge on any atom is 0.195 e. The first-order valence-electron chi connectivity index (χ1n) is 6.58. The first-order valence-corrected chi connectivity index (χ1v) is 8.58. The summed E-state index contributed by atoms with van der Waals surface area (Å²) in [4.78, 5) is 8.45. The third kappa shape index (κ3) is 2.07. The number of halogens is 1. The van der Waals surface area contributed by atoms with E-state index < -0.39 is 0 Å². The molecule has 18 heavy (non-hydrogen) atoms. The molecule has 1 aliphatic rings. The molecule has 0 aliphatic carbocycles. The fourth-order valence-electron chi connectivity index (χ4n) is 2.76. The summed E-state index contributed by atoms with van der Waals surface area (Å²) in [7, 11) is 0. The van der Waals surface area contributed by atoms with Crippen molar-refractivity contribution in [2.24, 2.45) is 0 Å². The summed E-state index contributed by atoms with van der Waals surface area (Å²) >= 11 is 5.33. The summed E-state index contributed by atoms with van der Waals surface area (Å²) in [6, 6.07) is 0.606. The van der Waals surface area contributed by atoms with Gasteiger partial charge in [0.05, 0.1) is 5.69 Å². The van der Waals surface area contributed by atoms with E-state index in [0.717, 1.165) is 16.8 Å². The minimum Gasteiger partial charge on any atom is -0.352 e. The molecule has 0 aromatic carbocycles. The Kier molecular flexibility index (Phi) is 3.61. The lowest BCUT2D eigenvalue weighted by atomic mass is 10.1. The van der Waals surface area contributed by atoms with Crippen molar-refractivity contribution in [1.29, 1.82) is 0 Å². The number of fused-ring (bicyclic) bond motifs is 1. The molecule has 0 saturated carbocycles. The van der Waals surface area contributed by atoms with Crippen molar-refractivity contribution in [3.05, 3.63) is 17.3 Å². The largest absolute Gasteiger partial charge is 0.352 e. The maximum atomic E-state index is 4.84. The molecule has 2 aromatic heterocycles. The maximum absolute atomic E-state index is 4.84. The number of alkyl halides is 1. The average molecular weight is 328 g/mol. The van der Waals surface area contributed by atoms with Crippen molar-refractivity contribution < 1.29 is 0 Å². The van der Waals surface area contributed by atoms with Crippen molar-refractivity contribution in [2.45, 2.75) is 44.0 Å². The second kappa shape index (κ2) is 5.21. The van der Waals surface area contributed by atoms with Gasteiger partial charge in [0.2, 0.25) is 0 Å². The van der Waals surface area contributed by atoms with Crippen LogP contribution >= 0.6 is 27.3 Å². The Labute approximate surface area is 120 Å². The molecule has 1 unspecified atom stereocenters. The van der Waals surface area contributed by atoms with Crippen LogP contribution in [0.15, 0.2) is 11.6 Å². The Morgan fingerprint density at radius 2 is 2.33 bits per heavy atom. The number of hydrogen-bond acceptors (Lipinski definition) is 3. The lowest BCUT2D eigenvalue weighted by Gasteiger charge is -2.28. The molecule has 2 aromatic rings. The van der Waals surface area contributed by atoms with Crippen LogP contribution < -0.4 is 4.90 Å². The number of hydrogen-bond donors (Lipinski definition) is 0. The van der Waals surface area contributed by atoms with Crippen LogP contribution in [0, 0.1) is 0 Å². The molecular weight excluding hydrogens is 310 g/mol. The summed E-state index contributed by atoms with van der Waals surface area (Å²) < 4.78 is 2.21. The van der Waals surface area contributed by atoms with E-state index in [4.69, 9.17) is 4.98 Å². The lowest BCUT2D eigenvalue weighted by molar-refractivity contribution is 0.611. The van der Waals surface area contributed by atoms with Gasteiger partial charge in [-0.2, -0.15) is 0 Å². The van der Waals surface area contributed by atoms with Gasteiger partial charge in [0.1, 0.15) is 0 Å². The summed E-state index contributed by atoms with van der Waals surface area (Å²) in [6.45, 7) is 3.47. The number of rotatable bonds is 2. The van der Waals surface area contributed by atoms with Gasteiger partial charge in [-0.1, -0.05) is 28.8 Å². The third-order valence-electron chi connectivity index (χ3n) is 3.79. The molecule has 0 spiro atoms. The minimum absolute atomic E-state index is 0.606. The van der Waals surface area contributed by atoms with Gasteiger partial charge in [-0.3, -0.25) is 4.40 Å². The SMILES string of the molecule is CC1CCCCCN1c1nc2sccn2c1CBr. The zero-order valence-electron chi connectivity index (χ0n) is 10.6. The molecule has 1 aliphatic heterocycles. The first-order chi connectivity index (χ1) is 8.81. The Morgan fingerprint density at radius 3 is 3.17 bits per heavy atom. The van der Waals surface area contributed by atoms with Crippen LogP contribution in [-0.4, -0.2) is 22.0 Å². The number of imidazole rings is 1. The van der Waals surface area contributed by atoms with Gasteiger partial charge in [0.15, 0.2) is 10.8 Å². The van der Waals surface area contributed by atoms with E-state index in [-0.39, 0.29) is 0 Å². The molecule has 3 rings (SSSR count). The molecule has 3 nitrogen and oxygen atoms in total. The van der Waals surface area contributed by atoms with Crippen LogP contribution in [0.3, 0.4) is 0 Å². The van der Waals surface area contributed by atoms with Crippen molar-refractivity contribution in [1.82, 2.24) is 9.38 Å². The summed E-state index contributed by atoms with van der Waals surface area (Å²) in [6.07, 6.45) is 7.40. The zero-order chi connectivity index (χ0) is 12.5. The van der Waals surface area contributed by atoms with Crippen molar-refractivity contribution in [3.63, 3.8) is 0 Å². The Morgan fingerprint density at radius 1 is 1.44 bits per heavy atom. The van der Waals surface area contributed by atoms with Gasteiger partial charge in [-0.05, 0) is 19.8 Å². The van der Waals surface area contributed by atoms with E-state index in [1.54, 1.807) is 11.3 Å². The van der Waals surface area contributed by atoms with Gasteiger partial charge < -0.3 is 4.90 Å². The molecule has 5 heteroatoms. The van der Waals surface area contributed by atoms with Crippen molar-refractivity contribution in [3.8, 4) is 0 Å². The second-order valence-electron chi connectivity index (χ2n) is 4.96. The van der Waals surface area contributed by atoms with E-state index in [1.807, 2.05) is 0 Å². The van der Waals surface area contributed by atoms with Crippen LogP contribution in [0.4, 0.5) is 5.82 Å². The molecule has 0 radical (unpaired) electrons. The number of aromatic nitrogens is 2. The smallest absolute Gasteiger partial charge is 0.195 e. The van der Waals surface area contributed by atoms with Crippen molar-refractivity contribution in [2.75, 3.05) is 11.4 Å². The highest BCUT2D eigenvalue weighted by atomic mass is 79.9. The fourth-order valence-corrected chi connectivity index (χ4v) is 4.01. The Bertz CT molecular complexity index is 533. The molecular formula is C13H18BrN3S. The summed E-state index contributed by atoms with van der Waals surface area (Å²) in [5.41, 5.74) is 1.29. The molecule has 98 valence electrons. The van der Waals surface area contributed by atoms with Crippen LogP contribution in [0.5, 0.6) is 0 Å². The number of thiazole rings is 1. The molecule has 1 atom stereocenters. The summed E-state index contributed by atoms with van der Waals surface area (Å²) in [5.74, 6) is 1.19. The van der Waals surface area contributed by atoms with Gasteiger partial charge in [0, 0.05) is 29.5 Å². The predicted molar refractivity (Wildman–Crippen MR) is 81.0 cm³/mol. The van der Waals surface area contributed by atoms with Gasteiger partial charge in [0.25, 0.3) is 0 Å². The first kappa shape index (κ1) is 12.5. The molecule has 1 saturated heterocycles. The zero-order valence-corrected chi connectivity index (χ0v) is 13.0. The minimum atomic E-state index is 0.606. The normalized spacial score (nSPS) is 21.4. The van der Waals surface area contributed by atoms with Gasteiger partial charge in [-0.25, -0.2) is 4.98 Å². The Balaban J connectivity index is 2.03.